The number of thiophene rings is 1. The highest BCUT2D eigenvalue weighted by Gasteiger charge is 2.21. The van der Waals surface area contributed by atoms with Gasteiger partial charge in [0, 0.05) is 4.88 Å². The van der Waals surface area contributed by atoms with Gasteiger partial charge in [0.15, 0.2) is 5.82 Å². The van der Waals surface area contributed by atoms with Crippen molar-refractivity contribution in [3.63, 3.8) is 0 Å². The number of halogens is 1. The van der Waals surface area contributed by atoms with E-state index < -0.39 is 0 Å². The van der Waals surface area contributed by atoms with Crippen LogP contribution in [0.4, 0.5) is 10.2 Å². The zero-order valence-corrected chi connectivity index (χ0v) is 13.5. The SMILES string of the molecule is C/C(=N/Nc1ncnc2sc3c(c12)CCC3)c1ccc(F)cc1. The van der Waals surface area contributed by atoms with Crippen molar-refractivity contribution in [2.75, 3.05) is 5.43 Å². The summed E-state index contributed by atoms with van der Waals surface area (Å²) in [4.78, 5) is 11.2. The second-order valence-corrected chi connectivity index (χ2v) is 6.66. The largest absolute Gasteiger partial charge is 0.260 e. The van der Waals surface area contributed by atoms with Crippen LogP contribution in [0.2, 0.25) is 0 Å². The molecule has 2 heterocycles. The third-order valence-corrected chi connectivity index (χ3v) is 5.29. The normalized spacial score (nSPS) is 14.3. The molecule has 3 aromatic rings. The number of benzene rings is 1. The van der Waals surface area contributed by atoms with Gasteiger partial charge in [0.2, 0.25) is 0 Å². The molecule has 4 nitrogen and oxygen atoms in total. The molecule has 2 aromatic heterocycles. The third-order valence-electron chi connectivity index (χ3n) is 4.09. The van der Waals surface area contributed by atoms with E-state index in [2.05, 4.69) is 20.5 Å². The Hall–Kier alpha value is -2.34. The van der Waals surface area contributed by atoms with Crippen molar-refractivity contribution in [2.45, 2.75) is 26.2 Å². The van der Waals surface area contributed by atoms with Gasteiger partial charge in [0.25, 0.3) is 0 Å². The Balaban J connectivity index is 1.68. The number of hydrazone groups is 1. The molecule has 0 fully saturated rings. The molecule has 0 aliphatic heterocycles. The van der Waals surface area contributed by atoms with E-state index in [0.717, 1.165) is 40.2 Å². The molecular formula is C17H15FN4S. The van der Waals surface area contributed by atoms with Gasteiger partial charge in [-0.25, -0.2) is 14.4 Å². The minimum Gasteiger partial charge on any atom is -0.260 e. The molecule has 0 bridgehead atoms. The first kappa shape index (κ1) is 14.3. The number of aromatic nitrogens is 2. The maximum Gasteiger partial charge on any atom is 0.158 e. The molecule has 0 saturated heterocycles. The second-order valence-electron chi connectivity index (χ2n) is 5.58. The summed E-state index contributed by atoms with van der Waals surface area (Å²) < 4.78 is 13.0. The van der Waals surface area contributed by atoms with Gasteiger partial charge in [-0.3, -0.25) is 5.43 Å². The van der Waals surface area contributed by atoms with E-state index in [1.54, 1.807) is 29.8 Å². The summed E-state index contributed by atoms with van der Waals surface area (Å²) in [5.74, 6) is 0.497. The molecule has 0 unspecified atom stereocenters. The van der Waals surface area contributed by atoms with Gasteiger partial charge in [-0.1, -0.05) is 12.1 Å². The van der Waals surface area contributed by atoms with Crippen LogP contribution in [-0.2, 0) is 12.8 Å². The van der Waals surface area contributed by atoms with E-state index in [9.17, 15) is 4.39 Å². The monoisotopic (exact) mass is 326 g/mol. The summed E-state index contributed by atoms with van der Waals surface area (Å²) in [6.07, 6.45) is 4.98. The summed E-state index contributed by atoms with van der Waals surface area (Å²) in [5, 5.41) is 5.51. The van der Waals surface area contributed by atoms with E-state index in [0.29, 0.717) is 0 Å². The number of rotatable bonds is 3. The van der Waals surface area contributed by atoms with E-state index in [1.165, 1.54) is 29.0 Å². The van der Waals surface area contributed by atoms with E-state index in [4.69, 9.17) is 0 Å². The fourth-order valence-corrected chi connectivity index (χ4v) is 4.13. The summed E-state index contributed by atoms with van der Waals surface area (Å²) in [5.41, 5.74) is 6.09. The van der Waals surface area contributed by atoms with E-state index in [-0.39, 0.29) is 5.82 Å². The van der Waals surface area contributed by atoms with Gasteiger partial charge in [0.05, 0.1) is 11.1 Å². The Labute approximate surface area is 137 Å². The molecule has 0 radical (unpaired) electrons. The van der Waals surface area contributed by atoms with Crippen molar-refractivity contribution in [2.24, 2.45) is 5.10 Å². The molecule has 0 spiro atoms. The minimum absolute atomic E-state index is 0.249. The lowest BCUT2D eigenvalue weighted by atomic mass is 10.1. The van der Waals surface area contributed by atoms with Crippen molar-refractivity contribution in [3.05, 3.63) is 52.4 Å². The summed E-state index contributed by atoms with van der Waals surface area (Å²) >= 11 is 1.75. The molecule has 4 rings (SSSR count). The van der Waals surface area contributed by atoms with Crippen molar-refractivity contribution < 1.29 is 4.39 Å². The smallest absolute Gasteiger partial charge is 0.158 e. The standard InChI is InChI=1S/C17H15FN4S/c1-10(11-5-7-12(18)8-6-11)21-22-16-15-13-3-2-4-14(13)23-17(15)20-9-19-16/h5-9H,2-4H2,1H3,(H,19,20,22)/b21-10-. The molecule has 1 aromatic carbocycles. The number of nitrogens with one attached hydrogen (secondary N) is 1. The van der Waals surface area contributed by atoms with Crippen molar-refractivity contribution in [1.29, 1.82) is 0 Å². The Morgan fingerprint density at radius 3 is 2.87 bits per heavy atom. The first-order valence-corrected chi connectivity index (χ1v) is 8.35. The number of nitrogens with zero attached hydrogens (tertiary/aromatic N) is 3. The van der Waals surface area contributed by atoms with Crippen molar-refractivity contribution >= 4 is 33.1 Å². The van der Waals surface area contributed by atoms with Crippen LogP contribution in [0.25, 0.3) is 10.2 Å². The average molecular weight is 326 g/mol. The maximum absolute atomic E-state index is 13.0. The molecule has 0 amide bonds. The lowest BCUT2D eigenvalue weighted by Gasteiger charge is -2.05. The lowest BCUT2D eigenvalue weighted by Crippen LogP contribution is -2.01. The molecule has 116 valence electrons. The maximum atomic E-state index is 13.0. The molecule has 23 heavy (non-hydrogen) atoms. The second kappa shape index (κ2) is 5.70. The predicted molar refractivity (Wildman–Crippen MR) is 91.7 cm³/mol. The topological polar surface area (TPSA) is 50.2 Å². The quantitative estimate of drug-likeness (QED) is 0.581. The first-order chi connectivity index (χ1) is 11.2. The Bertz CT molecular complexity index is 899. The molecule has 1 aliphatic carbocycles. The third kappa shape index (κ3) is 2.59. The van der Waals surface area contributed by atoms with Crippen LogP contribution in [0, 0.1) is 5.82 Å². The highest BCUT2D eigenvalue weighted by Crippen LogP contribution is 2.38. The fourth-order valence-electron chi connectivity index (χ4n) is 2.91. The predicted octanol–water partition coefficient (Wildman–Crippen LogP) is 4.16. The van der Waals surface area contributed by atoms with Gasteiger partial charge in [-0.2, -0.15) is 5.10 Å². The number of aryl methyl sites for hydroxylation is 2. The number of fused-ring (bicyclic) bond motifs is 3. The van der Waals surface area contributed by atoms with Crippen molar-refractivity contribution in [3.8, 4) is 0 Å². The molecule has 0 atom stereocenters. The van der Waals surface area contributed by atoms with Crippen LogP contribution < -0.4 is 5.43 Å². The average Bonchev–Trinajstić information content (AvgIpc) is 3.14. The molecule has 6 heteroatoms. The molecular weight excluding hydrogens is 311 g/mol. The Kier molecular flexibility index (Phi) is 3.53. The zero-order chi connectivity index (χ0) is 15.8. The summed E-state index contributed by atoms with van der Waals surface area (Å²) in [6.45, 7) is 1.89. The molecule has 0 saturated carbocycles. The van der Waals surface area contributed by atoms with Crippen LogP contribution in [-0.4, -0.2) is 15.7 Å². The van der Waals surface area contributed by atoms with Crippen LogP contribution in [0.15, 0.2) is 35.7 Å². The Morgan fingerprint density at radius 2 is 2.04 bits per heavy atom. The Morgan fingerprint density at radius 1 is 1.22 bits per heavy atom. The van der Waals surface area contributed by atoms with Gasteiger partial charge in [-0.15, -0.1) is 11.3 Å². The van der Waals surface area contributed by atoms with Crippen molar-refractivity contribution in [1.82, 2.24) is 9.97 Å². The summed E-state index contributed by atoms with van der Waals surface area (Å²) in [6, 6.07) is 6.30. The van der Waals surface area contributed by atoms with Crippen LogP contribution in [0.1, 0.15) is 29.3 Å². The zero-order valence-electron chi connectivity index (χ0n) is 12.6. The number of hydrogen-bond acceptors (Lipinski definition) is 5. The molecule has 1 N–H and O–H groups in total. The minimum atomic E-state index is -0.249. The summed E-state index contributed by atoms with van der Waals surface area (Å²) in [7, 11) is 0. The first-order valence-electron chi connectivity index (χ1n) is 7.54. The highest BCUT2D eigenvalue weighted by molar-refractivity contribution is 7.19. The lowest BCUT2D eigenvalue weighted by molar-refractivity contribution is 0.628. The number of anilines is 1. The molecule has 1 aliphatic rings. The van der Waals surface area contributed by atoms with Crippen LogP contribution in [0.5, 0.6) is 0 Å². The van der Waals surface area contributed by atoms with Gasteiger partial charge >= 0.3 is 0 Å². The van der Waals surface area contributed by atoms with Gasteiger partial charge in [-0.05, 0) is 49.4 Å². The van der Waals surface area contributed by atoms with E-state index in [1.807, 2.05) is 6.92 Å². The highest BCUT2D eigenvalue weighted by atomic mass is 32.1. The van der Waals surface area contributed by atoms with Crippen LogP contribution in [0.3, 0.4) is 0 Å². The van der Waals surface area contributed by atoms with E-state index >= 15 is 0 Å². The van der Waals surface area contributed by atoms with Gasteiger partial charge < -0.3 is 0 Å². The fraction of sp³-hybridized carbons (Fsp3) is 0.235. The van der Waals surface area contributed by atoms with Gasteiger partial charge in [0.1, 0.15) is 17.0 Å². The number of hydrogen-bond donors (Lipinski definition) is 1. The van der Waals surface area contributed by atoms with Crippen LogP contribution >= 0.6 is 11.3 Å².